The van der Waals surface area contributed by atoms with Crippen LogP contribution in [0.1, 0.15) is 28.3 Å². The quantitative estimate of drug-likeness (QED) is 0.286. The van der Waals surface area contributed by atoms with Gasteiger partial charge in [-0.05, 0) is 74.2 Å². The average molecular weight is 592 g/mol. The lowest BCUT2D eigenvalue weighted by molar-refractivity contribution is 0.302. The Labute approximate surface area is 219 Å². The first kappa shape index (κ1) is 23.2. The number of nitrogens with zero attached hydrogens (tertiary/aromatic N) is 3. The summed E-state index contributed by atoms with van der Waals surface area (Å²) < 4.78 is 15.3. The summed E-state index contributed by atoms with van der Waals surface area (Å²) in [6.07, 6.45) is 0. The first-order valence-corrected chi connectivity index (χ1v) is 12.4. The van der Waals surface area contributed by atoms with E-state index in [1.807, 2.05) is 79.7 Å². The number of nitriles is 1. The molecule has 0 fully saturated rings. The van der Waals surface area contributed by atoms with Crippen molar-refractivity contribution in [2.75, 3.05) is 0 Å². The predicted octanol–water partition coefficient (Wildman–Crippen LogP) is 6.50. The summed E-state index contributed by atoms with van der Waals surface area (Å²) in [5.41, 5.74) is 10.9. The van der Waals surface area contributed by atoms with Gasteiger partial charge in [0.1, 0.15) is 24.0 Å². The molecular formula is C27H20Br2N4O2. The maximum atomic E-state index is 9.99. The van der Waals surface area contributed by atoms with E-state index in [4.69, 9.17) is 20.3 Å². The van der Waals surface area contributed by atoms with E-state index in [1.54, 1.807) is 4.68 Å². The fourth-order valence-corrected chi connectivity index (χ4v) is 5.66. The molecule has 6 nitrogen and oxygen atoms in total. The fraction of sp³-hybridized carbons (Fsp3) is 0.111. The molecule has 1 aromatic heterocycles. The Bertz CT molecular complexity index is 1450. The fourth-order valence-electron chi connectivity index (χ4n) is 4.21. The van der Waals surface area contributed by atoms with Crippen LogP contribution < -0.4 is 15.2 Å². The zero-order chi connectivity index (χ0) is 24.5. The summed E-state index contributed by atoms with van der Waals surface area (Å²) in [6.45, 7) is 2.34. The van der Waals surface area contributed by atoms with Crippen molar-refractivity contribution >= 4 is 31.9 Å². The van der Waals surface area contributed by atoms with E-state index >= 15 is 0 Å². The van der Waals surface area contributed by atoms with Crippen molar-refractivity contribution in [3.05, 3.63) is 116 Å². The number of aryl methyl sites for hydroxylation is 1. The van der Waals surface area contributed by atoms with Crippen LogP contribution in [0.3, 0.4) is 0 Å². The number of fused-ring (bicyclic) bond motifs is 1. The van der Waals surface area contributed by atoms with Crippen molar-refractivity contribution in [1.29, 1.82) is 5.26 Å². The second-order valence-electron chi connectivity index (χ2n) is 8.06. The summed E-state index contributed by atoms with van der Waals surface area (Å²) in [5.74, 6) is 0.805. The zero-order valence-corrected chi connectivity index (χ0v) is 21.9. The molecular weight excluding hydrogens is 572 g/mol. The van der Waals surface area contributed by atoms with Gasteiger partial charge in [-0.1, -0.05) is 48.5 Å². The van der Waals surface area contributed by atoms with E-state index < -0.39 is 5.92 Å². The summed E-state index contributed by atoms with van der Waals surface area (Å²) in [4.78, 5) is 0. The van der Waals surface area contributed by atoms with Crippen molar-refractivity contribution in [3.8, 4) is 23.4 Å². The molecule has 0 saturated heterocycles. The van der Waals surface area contributed by atoms with Crippen molar-refractivity contribution in [2.24, 2.45) is 5.73 Å². The van der Waals surface area contributed by atoms with Gasteiger partial charge in [0, 0.05) is 0 Å². The van der Waals surface area contributed by atoms with Gasteiger partial charge < -0.3 is 15.2 Å². The first-order chi connectivity index (χ1) is 17.0. The Hall–Kier alpha value is -3.54. The molecule has 8 heteroatoms. The summed E-state index contributed by atoms with van der Waals surface area (Å²) in [6, 6.07) is 25.8. The molecule has 5 rings (SSSR count). The summed E-state index contributed by atoms with van der Waals surface area (Å²) in [7, 11) is 0. The first-order valence-electron chi connectivity index (χ1n) is 10.9. The van der Waals surface area contributed by atoms with Crippen molar-refractivity contribution in [1.82, 2.24) is 9.78 Å². The molecule has 0 spiro atoms. The van der Waals surface area contributed by atoms with Crippen LogP contribution in [0.25, 0.3) is 5.69 Å². The molecule has 0 saturated carbocycles. The van der Waals surface area contributed by atoms with Crippen molar-refractivity contribution < 1.29 is 9.47 Å². The third-order valence-corrected chi connectivity index (χ3v) is 6.99. The molecule has 1 atom stereocenters. The number of hydrogen-bond acceptors (Lipinski definition) is 5. The molecule has 0 aliphatic carbocycles. The highest BCUT2D eigenvalue weighted by Crippen LogP contribution is 2.47. The van der Waals surface area contributed by atoms with Gasteiger partial charge in [0.25, 0.3) is 0 Å². The van der Waals surface area contributed by atoms with Crippen molar-refractivity contribution in [2.45, 2.75) is 19.4 Å². The van der Waals surface area contributed by atoms with E-state index in [2.05, 4.69) is 37.9 Å². The van der Waals surface area contributed by atoms with Crippen LogP contribution in [0.4, 0.5) is 0 Å². The molecule has 3 aromatic carbocycles. The van der Waals surface area contributed by atoms with Crippen LogP contribution >= 0.6 is 31.9 Å². The van der Waals surface area contributed by atoms with Crippen LogP contribution in [0.5, 0.6) is 11.6 Å². The minimum atomic E-state index is -0.447. The molecule has 0 unspecified atom stereocenters. The molecule has 4 aromatic rings. The highest BCUT2D eigenvalue weighted by atomic mass is 79.9. The number of halogens is 2. The van der Waals surface area contributed by atoms with Gasteiger partial charge in [0.15, 0.2) is 0 Å². The van der Waals surface area contributed by atoms with Gasteiger partial charge >= 0.3 is 0 Å². The largest absolute Gasteiger partial charge is 0.487 e. The van der Waals surface area contributed by atoms with Crippen LogP contribution in [0.15, 0.2) is 93.2 Å². The SMILES string of the molecule is Cc1nn(-c2ccccc2)c2c1[C@@H](c1cc(Br)c(OCc3ccccc3)c(Br)c1)C(C#N)=C(N)O2. The smallest absolute Gasteiger partial charge is 0.229 e. The molecule has 35 heavy (non-hydrogen) atoms. The summed E-state index contributed by atoms with van der Waals surface area (Å²) >= 11 is 7.32. The number of benzene rings is 3. The number of rotatable bonds is 5. The minimum absolute atomic E-state index is 0.0683. The maximum Gasteiger partial charge on any atom is 0.229 e. The Morgan fingerprint density at radius 3 is 2.31 bits per heavy atom. The predicted molar refractivity (Wildman–Crippen MR) is 140 cm³/mol. The number of para-hydroxylation sites is 1. The molecule has 2 N–H and O–H groups in total. The molecule has 1 aliphatic heterocycles. The second-order valence-corrected chi connectivity index (χ2v) is 9.77. The number of ether oxygens (including phenoxy) is 2. The number of nitrogens with two attached hydrogens (primary N) is 1. The standard InChI is InChI=1S/C27H20Br2N4O2/c1-16-23-24(18-12-21(28)25(22(29)13-18)34-15-17-8-4-2-5-9-17)20(14-30)26(31)35-27(23)33(32-16)19-10-6-3-7-11-19/h2-13,24H,15,31H2,1H3/t24-/m0/s1. The lowest BCUT2D eigenvalue weighted by Crippen LogP contribution is -2.22. The highest BCUT2D eigenvalue weighted by molar-refractivity contribution is 9.11. The molecule has 0 bridgehead atoms. The van der Waals surface area contributed by atoms with E-state index in [0.29, 0.717) is 23.8 Å². The van der Waals surface area contributed by atoms with E-state index in [-0.39, 0.29) is 5.88 Å². The summed E-state index contributed by atoms with van der Waals surface area (Å²) in [5, 5.41) is 14.7. The molecule has 174 valence electrons. The van der Waals surface area contributed by atoms with Crippen LogP contribution in [0.2, 0.25) is 0 Å². The lowest BCUT2D eigenvalue weighted by Gasteiger charge is -2.25. The van der Waals surface area contributed by atoms with E-state index in [9.17, 15) is 5.26 Å². The normalized spacial score (nSPS) is 14.7. The molecule has 2 heterocycles. The maximum absolute atomic E-state index is 9.99. The third-order valence-electron chi connectivity index (χ3n) is 5.81. The zero-order valence-electron chi connectivity index (χ0n) is 18.7. The lowest BCUT2D eigenvalue weighted by atomic mass is 9.84. The van der Waals surface area contributed by atoms with Gasteiger partial charge in [0.05, 0.1) is 31.8 Å². The average Bonchev–Trinajstić information content (AvgIpc) is 3.19. The number of aromatic nitrogens is 2. The van der Waals surface area contributed by atoms with Gasteiger partial charge in [-0.15, -0.1) is 0 Å². The topological polar surface area (TPSA) is 86.1 Å². The van der Waals surface area contributed by atoms with Crippen LogP contribution in [-0.2, 0) is 6.61 Å². The Morgan fingerprint density at radius 2 is 1.69 bits per heavy atom. The Balaban J connectivity index is 1.58. The van der Waals surface area contributed by atoms with Crippen molar-refractivity contribution in [3.63, 3.8) is 0 Å². The van der Waals surface area contributed by atoms with E-state index in [1.165, 1.54) is 0 Å². The Morgan fingerprint density at radius 1 is 1.06 bits per heavy atom. The second kappa shape index (κ2) is 9.61. The molecule has 0 radical (unpaired) electrons. The van der Waals surface area contributed by atoms with Crippen LogP contribution in [-0.4, -0.2) is 9.78 Å². The molecule has 0 amide bonds. The monoisotopic (exact) mass is 590 g/mol. The minimum Gasteiger partial charge on any atom is -0.487 e. The van der Waals surface area contributed by atoms with Crippen LogP contribution in [0, 0.1) is 18.3 Å². The number of hydrogen-bond donors (Lipinski definition) is 1. The van der Waals surface area contributed by atoms with Gasteiger partial charge in [0.2, 0.25) is 11.8 Å². The number of allylic oxidation sites excluding steroid dienone is 1. The van der Waals surface area contributed by atoms with Gasteiger partial charge in [-0.3, -0.25) is 0 Å². The van der Waals surface area contributed by atoms with Gasteiger partial charge in [-0.2, -0.15) is 10.4 Å². The molecule has 1 aliphatic rings. The highest BCUT2D eigenvalue weighted by Gasteiger charge is 2.36. The van der Waals surface area contributed by atoms with E-state index in [0.717, 1.165) is 37.0 Å². The van der Waals surface area contributed by atoms with Gasteiger partial charge in [-0.25, -0.2) is 4.68 Å². The Kier molecular flexibility index (Phi) is 6.37. The third kappa shape index (κ3) is 4.33.